The lowest BCUT2D eigenvalue weighted by Gasteiger charge is -2.17. The lowest BCUT2D eigenvalue weighted by Crippen LogP contribution is -2.37. The quantitative estimate of drug-likeness (QED) is 0.348. The predicted octanol–water partition coefficient (Wildman–Crippen LogP) is 0.598. The van der Waals surface area contributed by atoms with Crippen LogP contribution in [0, 0.1) is 4.64 Å². The van der Waals surface area contributed by atoms with Crippen LogP contribution >= 0.6 is 24.4 Å². The first-order chi connectivity index (χ1) is 11.1. The molecule has 0 amide bonds. The Morgan fingerprint density at radius 1 is 1.17 bits per heavy atom. The van der Waals surface area contributed by atoms with Gasteiger partial charge in [-0.25, -0.2) is 9.97 Å². The van der Waals surface area contributed by atoms with Crippen LogP contribution in [-0.2, 0) is 0 Å². The molecule has 3 aromatic heterocycles. The van der Waals surface area contributed by atoms with E-state index in [1.165, 1.54) is 6.33 Å². The van der Waals surface area contributed by atoms with Gasteiger partial charge in [-0.1, -0.05) is 24.4 Å². The van der Waals surface area contributed by atoms with Gasteiger partial charge in [0, 0.05) is 5.37 Å². The van der Waals surface area contributed by atoms with Gasteiger partial charge in [0.2, 0.25) is 5.95 Å². The second-order valence-electron chi connectivity index (χ2n) is 4.45. The Bertz CT molecular complexity index is 936. The minimum absolute atomic E-state index is 0.0880. The minimum Gasteiger partial charge on any atom is -0.370 e. The molecule has 0 saturated carbocycles. The Morgan fingerprint density at radius 3 is 2.74 bits per heavy atom. The molecule has 1 aliphatic heterocycles. The van der Waals surface area contributed by atoms with Gasteiger partial charge in [-0.2, -0.15) is 9.98 Å². The van der Waals surface area contributed by atoms with Crippen molar-refractivity contribution in [2.75, 3.05) is 5.73 Å². The number of fused-ring (bicyclic) bond motifs is 2. The molecule has 1 atom stereocenters. The van der Waals surface area contributed by atoms with Gasteiger partial charge in [-0.3, -0.25) is 0 Å². The van der Waals surface area contributed by atoms with E-state index in [1.807, 2.05) is 0 Å². The zero-order valence-corrected chi connectivity index (χ0v) is 13.2. The molecule has 8 N–H and O–H groups in total. The topological polar surface area (TPSA) is 162 Å². The number of hydrogen-bond donors (Lipinski definition) is 6. The van der Waals surface area contributed by atoms with Crippen molar-refractivity contribution >= 4 is 58.7 Å². The van der Waals surface area contributed by atoms with E-state index in [0.717, 1.165) is 5.69 Å². The first kappa shape index (κ1) is 15.1. The van der Waals surface area contributed by atoms with Crippen LogP contribution in [0.2, 0.25) is 0 Å². The zero-order chi connectivity index (χ0) is 16.4. The number of nitrogens with zero attached hydrogens (tertiary/aromatic N) is 4. The van der Waals surface area contributed by atoms with Crippen molar-refractivity contribution in [3.63, 3.8) is 0 Å². The number of aromatic amines is 3. The lowest BCUT2D eigenvalue weighted by molar-refractivity contribution is 0.803. The average molecular weight is 348 g/mol. The second kappa shape index (κ2) is 6.10. The van der Waals surface area contributed by atoms with E-state index in [4.69, 9.17) is 35.9 Å². The SMILES string of the molecule is NC1=Nc2nc[nH]c2C(C=S)N1.Nc1nc2nc[nH]c2c(=S)[nH]1. The summed E-state index contributed by atoms with van der Waals surface area (Å²) in [4.78, 5) is 24.3. The second-order valence-corrected chi connectivity index (χ2v) is 5.13. The number of guanidine groups is 1. The number of thiocarbonyl (C=S) groups is 1. The monoisotopic (exact) mass is 348 g/mol. The molecule has 1 aliphatic rings. The fourth-order valence-electron chi connectivity index (χ4n) is 1.95. The summed E-state index contributed by atoms with van der Waals surface area (Å²) in [7, 11) is 0. The van der Waals surface area contributed by atoms with Crippen LogP contribution in [0.5, 0.6) is 0 Å². The van der Waals surface area contributed by atoms with Crippen LogP contribution in [-0.4, -0.2) is 41.2 Å². The number of rotatable bonds is 1. The van der Waals surface area contributed by atoms with Crippen LogP contribution < -0.4 is 16.8 Å². The summed E-state index contributed by atoms with van der Waals surface area (Å²) in [6.45, 7) is 0. The Labute approximate surface area is 139 Å². The smallest absolute Gasteiger partial charge is 0.200 e. The van der Waals surface area contributed by atoms with Gasteiger partial charge in [0.1, 0.15) is 16.2 Å². The Hall–Kier alpha value is -2.86. The molecular formula is C11H12N10S2. The number of nitrogens with two attached hydrogens (primary N) is 2. The summed E-state index contributed by atoms with van der Waals surface area (Å²) in [5.74, 6) is 1.24. The largest absolute Gasteiger partial charge is 0.370 e. The summed E-state index contributed by atoms with van der Waals surface area (Å²) in [5.41, 5.74) is 13.0. The van der Waals surface area contributed by atoms with Gasteiger partial charge in [0.05, 0.1) is 18.3 Å². The van der Waals surface area contributed by atoms with E-state index in [9.17, 15) is 0 Å². The van der Waals surface area contributed by atoms with E-state index in [-0.39, 0.29) is 12.0 Å². The number of nitrogens with one attached hydrogen (secondary N) is 4. The Morgan fingerprint density at radius 2 is 1.96 bits per heavy atom. The average Bonchev–Trinajstić information content (AvgIpc) is 3.15. The molecule has 0 radical (unpaired) electrons. The summed E-state index contributed by atoms with van der Waals surface area (Å²) in [6.07, 6.45) is 3.10. The van der Waals surface area contributed by atoms with E-state index in [0.29, 0.717) is 27.6 Å². The maximum absolute atomic E-state index is 5.49. The molecule has 12 heteroatoms. The first-order valence-corrected chi connectivity index (χ1v) is 7.24. The molecular weight excluding hydrogens is 336 g/mol. The number of anilines is 1. The fourth-order valence-corrected chi connectivity index (χ4v) is 2.41. The number of H-pyrrole nitrogens is 3. The van der Waals surface area contributed by atoms with Crippen LogP contribution in [0.25, 0.3) is 11.2 Å². The summed E-state index contributed by atoms with van der Waals surface area (Å²) < 4.78 is 0.532. The van der Waals surface area contributed by atoms with Crippen molar-refractivity contribution in [2.24, 2.45) is 10.7 Å². The third kappa shape index (κ3) is 3.02. The van der Waals surface area contributed by atoms with Crippen molar-refractivity contribution in [1.82, 2.24) is 35.2 Å². The highest BCUT2D eigenvalue weighted by atomic mass is 32.1. The van der Waals surface area contributed by atoms with Gasteiger partial charge < -0.3 is 31.7 Å². The molecule has 0 fully saturated rings. The van der Waals surface area contributed by atoms with Gasteiger partial charge in [-0.05, 0) is 0 Å². The third-order valence-electron chi connectivity index (χ3n) is 2.94. The number of aliphatic imine (C=N–C) groups is 1. The van der Waals surface area contributed by atoms with Gasteiger partial charge in [-0.15, -0.1) is 0 Å². The minimum atomic E-state index is -0.0880. The summed E-state index contributed by atoms with van der Waals surface area (Å²) in [5, 5.41) is 4.49. The normalized spacial score (nSPS) is 15.8. The molecule has 1 unspecified atom stereocenters. The first-order valence-electron chi connectivity index (χ1n) is 6.36. The van der Waals surface area contributed by atoms with E-state index in [2.05, 4.69) is 40.2 Å². The molecule has 4 rings (SSSR count). The molecule has 118 valence electrons. The van der Waals surface area contributed by atoms with E-state index < -0.39 is 0 Å². The standard InChI is InChI=1S/C6H7N5S.C5H5N5S/c7-6-10-3(1-12)4-5(11-6)9-2-8-4;6-5-9-3-2(4(11)10-5)7-1-8-3/h1-3H,(H,8,9)(H3,7,10,11);1H,(H4,6,7,8,9,10,11). The molecule has 10 nitrogen and oxygen atoms in total. The third-order valence-corrected chi connectivity index (χ3v) is 3.52. The van der Waals surface area contributed by atoms with Crippen LogP contribution in [0.4, 0.5) is 11.8 Å². The zero-order valence-electron chi connectivity index (χ0n) is 11.6. The van der Waals surface area contributed by atoms with Crippen LogP contribution in [0.15, 0.2) is 17.6 Å². The molecule has 0 aliphatic carbocycles. The highest BCUT2D eigenvalue weighted by Crippen LogP contribution is 2.23. The Kier molecular flexibility index (Phi) is 3.99. The molecule has 0 saturated heterocycles. The summed E-state index contributed by atoms with van der Waals surface area (Å²) >= 11 is 9.77. The number of nitrogen functional groups attached to an aromatic ring is 1. The van der Waals surface area contributed by atoms with Crippen molar-refractivity contribution in [2.45, 2.75) is 6.04 Å². The lowest BCUT2D eigenvalue weighted by atomic mass is 10.2. The van der Waals surface area contributed by atoms with Gasteiger partial charge >= 0.3 is 0 Å². The number of aromatic nitrogens is 6. The number of hydrogen-bond acceptors (Lipinski definition) is 9. The molecule has 4 heterocycles. The van der Waals surface area contributed by atoms with Crippen molar-refractivity contribution in [1.29, 1.82) is 0 Å². The van der Waals surface area contributed by atoms with Crippen LogP contribution in [0.1, 0.15) is 11.7 Å². The maximum Gasteiger partial charge on any atom is 0.200 e. The predicted molar refractivity (Wildman–Crippen MR) is 92.9 cm³/mol. The van der Waals surface area contributed by atoms with Crippen molar-refractivity contribution in [3.8, 4) is 0 Å². The molecule has 0 aromatic carbocycles. The van der Waals surface area contributed by atoms with Gasteiger partial charge in [0.25, 0.3) is 0 Å². The number of imidazole rings is 2. The molecule has 0 bridgehead atoms. The van der Waals surface area contributed by atoms with Gasteiger partial charge in [0.15, 0.2) is 17.4 Å². The van der Waals surface area contributed by atoms with Crippen LogP contribution in [0.3, 0.4) is 0 Å². The fraction of sp³-hybridized carbons (Fsp3) is 0.0909. The molecule has 0 spiro atoms. The molecule has 3 aromatic rings. The summed E-state index contributed by atoms with van der Waals surface area (Å²) in [6, 6.07) is -0.0880. The van der Waals surface area contributed by atoms with Crippen molar-refractivity contribution < 1.29 is 0 Å². The maximum atomic E-state index is 5.49. The molecule has 23 heavy (non-hydrogen) atoms. The highest BCUT2D eigenvalue weighted by molar-refractivity contribution is 7.79. The highest BCUT2D eigenvalue weighted by Gasteiger charge is 2.20. The Balaban J connectivity index is 0.000000136. The van der Waals surface area contributed by atoms with Crippen molar-refractivity contribution in [3.05, 3.63) is 23.0 Å². The van der Waals surface area contributed by atoms with E-state index in [1.54, 1.807) is 11.7 Å². The van der Waals surface area contributed by atoms with E-state index >= 15 is 0 Å².